The molecular weight excluding hydrogens is 158 g/mol. The van der Waals surface area contributed by atoms with Crippen molar-refractivity contribution in [1.29, 1.82) is 0 Å². The van der Waals surface area contributed by atoms with Crippen LogP contribution in [-0.4, -0.2) is 16.9 Å². The van der Waals surface area contributed by atoms with Crippen LogP contribution >= 0.6 is 0 Å². The van der Waals surface area contributed by atoms with Crippen molar-refractivity contribution < 1.29 is 14.3 Å². The molecule has 0 atom stereocenters. The second kappa shape index (κ2) is 6.15. The van der Waals surface area contributed by atoms with Crippen molar-refractivity contribution >= 4 is 11.9 Å². The van der Waals surface area contributed by atoms with Gasteiger partial charge in [0.25, 0.3) is 0 Å². The maximum Gasteiger partial charge on any atom is 0.310 e. The average Bonchev–Trinajstić information content (AvgIpc) is 2.36. The molecule has 4 nitrogen and oxygen atoms in total. The molecule has 0 spiro atoms. The van der Waals surface area contributed by atoms with E-state index >= 15 is 0 Å². The summed E-state index contributed by atoms with van der Waals surface area (Å²) in [4.78, 5) is 22.5. The van der Waals surface area contributed by atoms with Gasteiger partial charge in [0.2, 0.25) is 0 Å². The van der Waals surface area contributed by atoms with E-state index in [0.717, 1.165) is 0 Å². The zero-order chi connectivity index (χ0) is 9.40. The van der Waals surface area contributed by atoms with Gasteiger partial charge in [-0.15, -0.1) is 0 Å². The third-order valence-corrected chi connectivity index (χ3v) is 0.783. The first-order chi connectivity index (χ1) is 5.63. The highest BCUT2D eigenvalue weighted by Gasteiger charge is 1.93. The summed E-state index contributed by atoms with van der Waals surface area (Å²) in [5.74, 6) is -1.12. The number of aromatic nitrogens is 1. The number of hydrogen-bond donors (Lipinski definition) is 1. The van der Waals surface area contributed by atoms with Crippen molar-refractivity contribution in [3.8, 4) is 0 Å². The Morgan fingerprint density at radius 3 is 1.58 bits per heavy atom. The van der Waals surface area contributed by atoms with Gasteiger partial charge >= 0.3 is 11.9 Å². The van der Waals surface area contributed by atoms with E-state index in [1.807, 2.05) is 24.5 Å². The first kappa shape index (κ1) is 10.4. The molecule has 0 fully saturated rings. The Balaban J connectivity index is 0.000000211. The number of nitrogens with one attached hydrogen (secondary N) is 1. The van der Waals surface area contributed by atoms with Crippen LogP contribution in [-0.2, 0) is 14.3 Å². The van der Waals surface area contributed by atoms with Gasteiger partial charge in [0.15, 0.2) is 0 Å². The van der Waals surface area contributed by atoms with Gasteiger partial charge in [0, 0.05) is 26.2 Å². The molecule has 0 aliphatic carbocycles. The highest BCUT2D eigenvalue weighted by molar-refractivity contribution is 5.82. The maximum atomic E-state index is 9.81. The highest BCUT2D eigenvalue weighted by Crippen LogP contribution is 1.73. The molecule has 0 aliphatic heterocycles. The molecule has 12 heavy (non-hydrogen) atoms. The molecule has 0 aromatic carbocycles. The molecular formula is C8H11NO3. The zero-order valence-electron chi connectivity index (χ0n) is 7.03. The lowest BCUT2D eigenvalue weighted by Gasteiger charge is -1.87. The van der Waals surface area contributed by atoms with Gasteiger partial charge in [-0.05, 0) is 12.1 Å². The van der Waals surface area contributed by atoms with E-state index in [2.05, 4.69) is 9.72 Å². The van der Waals surface area contributed by atoms with Crippen LogP contribution in [0.5, 0.6) is 0 Å². The van der Waals surface area contributed by atoms with Crippen LogP contribution in [0.3, 0.4) is 0 Å². The number of ether oxygens (including phenoxy) is 1. The average molecular weight is 169 g/mol. The summed E-state index contributed by atoms with van der Waals surface area (Å²) < 4.78 is 3.97. The minimum absolute atomic E-state index is 0.562. The number of hydrogen-bond acceptors (Lipinski definition) is 3. The minimum atomic E-state index is -0.562. The van der Waals surface area contributed by atoms with Crippen molar-refractivity contribution in [3.05, 3.63) is 24.5 Å². The lowest BCUT2D eigenvalue weighted by molar-refractivity contribution is -0.156. The quantitative estimate of drug-likeness (QED) is 0.467. The Bertz CT molecular complexity index is 199. The second-order valence-corrected chi connectivity index (χ2v) is 1.97. The van der Waals surface area contributed by atoms with Crippen LogP contribution in [0.1, 0.15) is 13.8 Å². The van der Waals surface area contributed by atoms with Crippen LogP contribution in [0.15, 0.2) is 24.5 Å². The number of rotatable bonds is 0. The van der Waals surface area contributed by atoms with Gasteiger partial charge in [-0.3, -0.25) is 9.59 Å². The van der Waals surface area contributed by atoms with Crippen molar-refractivity contribution in [2.45, 2.75) is 13.8 Å². The van der Waals surface area contributed by atoms with Crippen molar-refractivity contribution in [2.75, 3.05) is 0 Å². The molecule has 1 aromatic heterocycles. The molecule has 1 rings (SSSR count). The monoisotopic (exact) mass is 169 g/mol. The minimum Gasteiger partial charge on any atom is -0.394 e. The fraction of sp³-hybridized carbons (Fsp3) is 0.250. The predicted octanol–water partition coefficient (Wildman–Crippen LogP) is 1.11. The molecule has 1 heterocycles. The second-order valence-electron chi connectivity index (χ2n) is 1.97. The fourth-order valence-electron chi connectivity index (χ4n) is 0.480. The fourth-order valence-corrected chi connectivity index (χ4v) is 0.480. The summed E-state index contributed by atoms with van der Waals surface area (Å²) >= 11 is 0. The molecule has 0 saturated heterocycles. The lowest BCUT2D eigenvalue weighted by atomic mass is 10.7. The topological polar surface area (TPSA) is 59.2 Å². The lowest BCUT2D eigenvalue weighted by Crippen LogP contribution is -2.03. The Hall–Kier alpha value is -1.58. The van der Waals surface area contributed by atoms with E-state index in [1.165, 1.54) is 13.8 Å². The predicted molar refractivity (Wildman–Crippen MR) is 43.2 cm³/mol. The van der Waals surface area contributed by atoms with Gasteiger partial charge in [-0.1, -0.05) is 0 Å². The highest BCUT2D eigenvalue weighted by atomic mass is 16.6. The summed E-state index contributed by atoms with van der Waals surface area (Å²) in [5.41, 5.74) is 0. The standard InChI is InChI=1S/C4H5N.C4H6O3/c1-2-4-5-3-1;1-3(5)7-4(2)6/h1-5H;1-2H3. The van der Waals surface area contributed by atoms with Crippen molar-refractivity contribution in [2.24, 2.45) is 0 Å². The molecule has 0 unspecified atom stereocenters. The van der Waals surface area contributed by atoms with E-state index < -0.39 is 11.9 Å². The molecule has 66 valence electrons. The molecule has 0 radical (unpaired) electrons. The first-order valence-electron chi connectivity index (χ1n) is 3.39. The van der Waals surface area contributed by atoms with Crippen LogP contribution < -0.4 is 0 Å². The van der Waals surface area contributed by atoms with Gasteiger partial charge < -0.3 is 9.72 Å². The number of esters is 2. The van der Waals surface area contributed by atoms with Crippen LogP contribution in [0.4, 0.5) is 0 Å². The molecule has 4 heteroatoms. The molecule has 0 aliphatic rings. The first-order valence-corrected chi connectivity index (χ1v) is 3.39. The van der Waals surface area contributed by atoms with E-state index in [4.69, 9.17) is 0 Å². The Kier molecular flexibility index (Phi) is 5.34. The van der Waals surface area contributed by atoms with Crippen LogP contribution in [0, 0.1) is 0 Å². The Morgan fingerprint density at radius 1 is 1.08 bits per heavy atom. The maximum absolute atomic E-state index is 9.81. The van der Waals surface area contributed by atoms with E-state index in [-0.39, 0.29) is 0 Å². The normalized spacial score (nSPS) is 7.83. The Morgan fingerprint density at radius 2 is 1.50 bits per heavy atom. The van der Waals surface area contributed by atoms with E-state index in [9.17, 15) is 9.59 Å². The molecule has 1 N–H and O–H groups in total. The Labute approximate surface area is 70.5 Å². The SMILES string of the molecule is CC(=O)OC(C)=O.c1cc[nH]c1. The number of carbonyl (C=O) groups excluding carboxylic acids is 2. The molecule has 0 bridgehead atoms. The zero-order valence-corrected chi connectivity index (χ0v) is 7.03. The summed E-state index contributed by atoms with van der Waals surface area (Å²) in [6.07, 6.45) is 3.75. The third-order valence-electron chi connectivity index (χ3n) is 0.783. The van der Waals surface area contributed by atoms with Gasteiger partial charge in [-0.2, -0.15) is 0 Å². The number of aromatic amines is 1. The van der Waals surface area contributed by atoms with Crippen molar-refractivity contribution in [1.82, 2.24) is 4.98 Å². The largest absolute Gasteiger partial charge is 0.394 e. The van der Waals surface area contributed by atoms with Gasteiger partial charge in [0.05, 0.1) is 0 Å². The number of H-pyrrole nitrogens is 1. The summed E-state index contributed by atoms with van der Waals surface area (Å²) in [5, 5.41) is 0. The van der Waals surface area contributed by atoms with E-state index in [0.29, 0.717) is 0 Å². The summed E-state index contributed by atoms with van der Waals surface area (Å²) in [6.45, 7) is 2.36. The van der Waals surface area contributed by atoms with Crippen LogP contribution in [0.2, 0.25) is 0 Å². The number of carbonyl (C=O) groups is 2. The van der Waals surface area contributed by atoms with Gasteiger partial charge in [0.1, 0.15) is 0 Å². The molecule has 0 amide bonds. The third kappa shape index (κ3) is 8.42. The summed E-state index contributed by atoms with van der Waals surface area (Å²) in [6, 6.07) is 3.89. The van der Waals surface area contributed by atoms with E-state index in [1.54, 1.807) is 0 Å². The smallest absolute Gasteiger partial charge is 0.310 e. The summed E-state index contributed by atoms with van der Waals surface area (Å²) in [7, 11) is 0. The van der Waals surface area contributed by atoms with Crippen molar-refractivity contribution in [3.63, 3.8) is 0 Å². The van der Waals surface area contributed by atoms with Gasteiger partial charge in [-0.25, -0.2) is 0 Å². The molecule has 0 saturated carbocycles. The molecule has 1 aromatic rings. The van der Waals surface area contributed by atoms with Crippen LogP contribution in [0.25, 0.3) is 0 Å².